The van der Waals surface area contributed by atoms with Crippen molar-refractivity contribution in [3.63, 3.8) is 0 Å². The average molecular weight is 195 g/mol. The van der Waals surface area contributed by atoms with E-state index < -0.39 is 0 Å². The molecule has 0 atom stereocenters. The molecular formula is C8H15ClO3. The van der Waals surface area contributed by atoms with Crippen LogP contribution in [0.5, 0.6) is 0 Å². The molecule has 0 aliphatic carbocycles. The second kappa shape index (κ2) is 8.81. The highest BCUT2D eigenvalue weighted by Crippen LogP contribution is 1.92. The van der Waals surface area contributed by atoms with Crippen molar-refractivity contribution < 1.29 is 14.3 Å². The summed E-state index contributed by atoms with van der Waals surface area (Å²) in [7, 11) is 0. The third-order valence-electron chi connectivity index (χ3n) is 1.21. The molecule has 0 aliphatic heterocycles. The zero-order valence-electron chi connectivity index (χ0n) is 7.35. The van der Waals surface area contributed by atoms with Gasteiger partial charge in [0.25, 0.3) is 0 Å². The summed E-state index contributed by atoms with van der Waals surface area (Å²) in [5, 5.41) is 0. The lowest BCUT2D eigenvalue weighted by Crippen LogP contribution is -2.08. The molecule has 4 heteroatoms. The molecule has 0 radical (unpaired) electrons. The highest BCUT2D eigenvalue weighted by atomic mass is 35.5. The number of alkyl halides is 1. The second-order valence-electron chi connectivity index (χ2n) is 2.35. The third-order valence-corrected chi connectivity index (χ3v) is 1.47. The molecule has 12 heavy (non-hydrogen) atoms. The topological polar surface area (TPSA) is 35.5 Å². The Labute approximate surface area is 78.0 Å². The van der Waals surface area contributed by atoms with Crippen molar-refractivity contribution in [3.05, 3.63) is 0 Å². The molecule has 0 heterocycles. The molecule has 0 aromatic rings. The second-order valence-corrected chi connectivity index (χ2v) is 2.73. The first-order chi connectivity index (χ1) is 5.77. The van der Waals surface area contributed by atoms with Crippen molar-refractivity contribution in [2.75, 3.05) is 25.7 Å². The van der Waals surface area contributed by atoms with E-state index in [1.165, 1.54) is 6.92 Å². The number of unbranched alkanes of at least 4 members (excludes halogenated alkanes) is 1. The summed E-state index contributed by atoms with van der Waals surface area (Å²) in [4.78, 5) is 10.3. The summed E-state index contributed by atoms with van der Waals surface area (Å²) in [5.74, 6) is 0.409. The van der Waals surface area contributed by atoms with Crippen LogP contribution in [0.1, 0.15) is 19.8 Å². The minimum Gasteiger partial charge on any atom is -0.463 e. The number of hydrogen-bond acceptors (Lipinski definition) is 3. The zero-order chi connectivity index (χ0) is 9.23. The summed E-state index contributed by atoms with van der Waals surface area (Å²) in [6, 6.07) is 0. The van der Waals surface area contributed by atoms with E-state index in [-0.39, 0.29) is 5.97 Å². The molecular weight excluding hydrogens is 180 g/mol. The van der Waals surface area contributed by atoms with Crippen LogP contribution in [-0.4, -0.2) is 31.7 Å². The Kier molecular flexibility index (Phi) is 8.61. The van der Waals surface area contributed by atoms with E-state index in [1.54, 1.807) is 0 Å². The van der Waals surface area contributed by atoms with Gasteiger partial charge in [0, 0.05) is 19.4 Å². The van der Waals surface area contributed by atoms with Crippen LogP contribution in [0.4, 0.5) is 0 Å². The molecule has 0 rings (SSSR count). The van der Waals surface area contributed by atoms with E-state index in [1.807, 2.05) is 0 Å². The van der Waals surface area contributed by atoms with E-state index in [0.29, 0.717) is 25.7 Å². The number of halogens is 1. The number of hydrogen-bond donors (Lipinski definition) is 0. The van der Waals surface area contributed by atoms with Gasteiger partial charge in [-0.3, -0.25) is 4.79 Å². The van der Waals surface area contributed by atoms with Gasteiger partial charge in [-0.25, -0.2) is 0 Å². The maximum Gasteiger partial charge on any atom is 0.302 e. The Morgan fingerprint density at radius 2 is 2.00 bits per heavy atom. The lowest BCUT2D eigenvalue weighted by atomic mass is 10.4. The van der Waals surface area contributed by atoms with Crippen LogP contribution in [0.2, 0.25) is 0 Å². The minimum absolute atomic E-state index is 0.264. The van der Waals surface area contributed by atoms with Crippen molar-refractivity contribution in [2.45, 2.75) is 19.8 Å². The fourth-order valence-corrected chi connectivity index (χ4v) is 0.834. The molecule has 72 valence electrons. The van der Waals surface area contributed by atoms with E-state index in [0.717, 1.165) is 12.8 Å². The molecule has 0 unspecified atom stereocenters. The quantitative estimate of drug-likeness (QED) is 0.351. The van der Waals surface area contributed by atoms with Gasteiger partial charge < -0.3 is 9.47 Å². The summed E-state index contributed by atoms with van der Waals surface area (Å²) in [6.45, 7) is 2.89. The molecule has 0 saturated carbocycles. The zero-order valence-corrected chi connectivity index (χ0v) is 8.10. The molecule has 0 aromatic heterocycles. The van der Waals surface area contributed by atoms with Gasteiger partial charge in [0.1, 0.15) is 6.61 Å². The standard InChI is InChI=1S/C8H15ClO3/c1-8(10)12-7-6-11-5-3-2-4-9/h2-7H2,1H3. The number of carbonyl (C=O) groups excluding carboxylic acids is 1. The van der Waals surface area contributed by atoms with E-state index in [2.05, 4.69) is 4.74 Å². The Bertz CT molecular complexity index is 117. The van der Waals surface area contributed by atoms with Crippen LogP contribution in [0.15, 0.2) is 0 Å². The number of ether oxygens (including phenoxy) is 2. The first kappa shape index (κ1) is 11.7. The van der Waals surface area contributed by atoms with Gasteiger partial charge in [0.2, 0.25) is 0 Å². The molecule has 0 bridgehead atoms. The molecule has 3 nitrogen and oxygen atoms in total. The fraction of sp³-hybridized carbons (Fsp3) is 0.875. The number of carbonyl (C=O) groups is 1. The monoisotopic (exact) mass is 194 g/mol. The van der Waals surface area contributed by atoms with Crippen molar-refractivity contribution in [3.8, 4) is 0 Å². The maximum absolute atomic E-state index is 10.3. The van der Waals surface area contributed by atoms with E-state index in [4.69, 9.17) is 16.3 Å². The lowest BCUT2D eigenvalue weighted by Gasteiger charge is -2.03. The summed E-state index contributed by atoms with van der Waals surface area (Å²) >= 11 is 5.46. The average Bonchev–Trinajstić information content (AvgIpc) is 2.02. The van der Waals surface area contributed by atoms with Crippen LogP contribution >= 0.6 is 11.6 Å². The Morgan fingerprint density at radius 3 is 2.58 bits per heavy atom. The lowest BCUT2D eigenvalue weighted by molar-refractivity contribution is -0.142. The van der Waals surface area contributed by atoms with Gasteiger partial charge in [-0.15, -0.1) is 11.6 Å². The van der Waals surface area contributed by atoms with Gasteiger partial charge in [0.05, 0.1) is 6.61 Å². The fourth-order valence-electron chi connectivity index (χ4n) is 0.645. The van der Waals surface area contributed by atoms with Gasteiger partial charge in [-0.1, -0.05) is 0 Å². The predicted molar refractivity (Wildman–Crippen MR) is 47.4 cm³/mol. The van der Waals surface area contributed by atoms with E-state index >= 15 is 0 Å². The van der Waals surface area contributed by atoms with Crippen LogP contribution in [0, 0.1) is 0 Å². The number of rotatable bonds is 7. The molecule has 0 aromatic carbocycles. The smallest absolute Gasteiger partial charge is 0.302 e. The van der Waals surface area contributed by atoms with E-state index in [9.17, 15) is 4.79 Å². The Hall–Kier alpha value is -0.280. The molecule has 0 aliphatic rings. The molecule has 0 N–H and O–H groups in total. The Balaban J connectivity index is 2.86. The summed E-state index contributed by atoms with van der Waals surface area (Å²) in [6.07, 6.45) is 1.93. The van der Waals surface area contributed by atoms with Crippen molar-refractivity contribution in [2.24, 2.45) is 0 Å². The third kappa shape index (κ3) is 9.72. The minimum atomic E-state index is -0.264. The van der Waals surface area contributed by atoms with Crippen LogP contribution < -0.4 is 0 Å². The van der Waals surface area contributed by atoms with Crippen molar-refractivity contribution in [1.82, 2.24) is 0 Å². The highest BCUT2D eigenvalue weighted by molar-refractivity contribution is 6.17. The molecule has 0 amide bonds. The van der Waals surface area contributed by atoms with Gasteiger partial charge in [0.15, 0.2) is 0 Å². The molecule has 0 saturated heterocycles. The Morgan fingerprint density at radius 1 is 1.25 bits per heavy atom. The highest BCUT2D eigenvalue weighted by Gasteiger charge is 1.92. The normalized spacial score (nSPS) is 9.83. The maximum atomic E-state index is 10.3. The van der Waals surface area contributed by atoms with Gasteiger partial charge in [-0.05, 0) is 12.8 Å². The summed E-state index contributed by atoms with van der Waals surface area (Å²) < 4.78 is 9.81. The molecule has 0 spiro atoms. The van der Waals surface area contributed by atoms with Crippen LogP contribution in [0.3, 0.4) is 0 Å². The van der Waals surface area contributed by atoms with Crippen molar-refractivity contribution in [1.29, 1.82) is 0 Å². The number of esters is 1. The van der Waals surface area contributed by atoms with Crippen molar-refractivity contribution >= 4 is 17.6 Å². The van der Waals surface area contributed by atoms with Gasteiger partial charge >= 0.3 is 5.97 Å². The predicted octanol–water partition coefficient (Wildman–Crippen LogP) is 1.59. The first-order valence-electron chi connectivity index (χ1n) is 4.04. The first-order valence-corrected chi connectivity index (χ1v) is 4.58. The van der Waals surface area contributed by atoms with Crippen LogP contribution in [-0.2, 0) is 14.3 Å². The molecule has 0 fully saturated rings. The summed E-state index contributed by atoms with van der Waals surface area (Å²) in [5.41, 5.74) is 0. The SMILES string of the molecule is CC(=O)OCCOCCCCCl. The van der Waals surface area contributed by atoms with Gasteiger partial charge in [-0.2, -0.15) is 0 Å². The van der Waals surface area contributed by atoms with Crippen LogP contribution in [0.25, 0.3) is 0 Å². The largest absolute Gasteiger partial charge is 0.463 e.